The molecular formula is C27H29F2N5. The van der Waals surface area contributed by atoms with E-state index in [1.165, 1.54) is 6.08 Å². The molecule has 1 aliphatic heterocycles. The van der Waals surface area contributed by atoms with Crippen molar-refractivity contribution in [3.8, 4) is 0 Å². The number of aliphatic imine (C=N–C) groups is 2. The van der Waals surface area contributed by atoms with Gasteiger partial charge < -0.3 is 10.2 Å². The Kier molecular flexibility index (Phi) is 7.65. The third kappa shape index (κ3) is 5.31. The number of nitrogens with zero attached hydrogens (tertiary/aromatic N) is 4. The monoisotopic (exact) mass is 461 g/mol. The van der Waals surface area contributed by atoms with Gasteiger partial charge >= 0.3 is 0 Å². The van der Waals surface area contributed by atoms with Gasteiger partial charge in [-0.05, 0) is 60.8 Å². The van der Waals surface area contributed by atoms with E-state index in [2.05, 4.69) is 26.8 Å². The first kappa shape index (κ1) is 23.6. The molecular weight excluding hydrogens is 432 g/mol. The number of alkyl halides is 1. The minimum atomic E-state index is -0.351. The van der Waals surface area contributed by atoms with Crippen molar-refractivity contribution >= 4 is 35.1 Å². The smallest absolute Gasteiger partial charge is 0.133 e. The molecule has 0 bridgehead atoms. The molecule has 4 rings (SSSR count). The first-order valence-electron chi connectivity index (χ1n) is 11.4. The molecule has 0 atom stereocenters. The first-order valence-corrected chi connectivity index (χ1v) is 11.4. The summed E-state index contributed by atoms with van der Waals surface area (Å²) in [4.78, 5) is 13.2. The molecule has 1 N–H and O–H groups in total. The molecule has 0 saturated carbocycles. The summed E-state index contributed by atoms with van der Waals surface area (Å²) in [6, 6.07) is 15.5. The second-order valence-corrected chi connectivity index (χ2v) is 8.15. The zero-order valence-electron chi connectivity index (χ0n) is 19.3. The Hall–Kier alpha value is -3.58. The number of rotatable bonds is 7. The SMILES string of the molecule is C=N/C=C1/C=CC(F)=C(c2cccc(NC)c2)/C1=N/c1ccc(N2CCN(CCF)CC2)cc1. The maximum atomic E-state index is 15.1. The lowest BCUT2D eigenvalue weighted by atomic mass is 9.91. The van der Waals surface area contributed by atoms with Gasteiger partial charge in [0, 0.05) is 68.5 Å². The summed E-state index contributed by atoms with van der Waals surface area (Å²) in [5.41, 5.74) is 5.04. The Bertz CT molecular complexity index is 1140. The maximum absolute atomic E-state index is 15.1. The molecule has 5 nitrogen and oxygen atoms in total. The highest BCUT2D eigenvalue weighted by molar-refractivity contribution is 6.35. The highest BCUT2D eigenvalue weighted by Crippen LogP contribution is 2.33. The molecule has 7 heteroatoms. The summed E-state index contributed by atoms with van der Waals surface area (Å²) in [5, 5.41) is 3.10. The Balaban J connectivity index is 1.64. The fourth-order valence-corrected chi connectivity index (χ4v) is 4.23. The molecule has 176 valence electrons. The summed E-state index contributed by atoms with van der Waals surface area (Å²) in [6.07, 6.45) is 4.69. The second kappa shape index (κ2) is 11.0. The number of benzene rings is 2. The van der Waals surface area contributed by atoms with Gasteiger partial charge in [-0.15, -0.1) is 0 Å². The van der Waals surface area contributed by atoms with Crippen molar-refractivity contribution in [2.75, 3.05) is 56.7 Å². The molecule has 1 aliphatic carbocycles. The van der Waals surface area contributed by atoms with Gasteiger partial charge in [0.2, 0.25) is 0 Å². The number of hydrogen-bond donors (Lipinski definition) is 1. The summed E-state index contributed by atoms with van der Waals surface area (Å²) >= 11 is 0. The van der Waals surface area contributed by atoms with Gasteiger partial charge in [-0.2, -0.15) is 0 Å². The number of halogens is 2. The quantitative estimate of drug-likeness (QED) is 0.560. The van der Waals surface area contributed by atoms with E-state index in [-0.39, 0.29) is 12.5 Å². The molecule has 2 aromatic carbocycles. The van der Waals surface area contributed by atoms with Gasteiger partial charge in [0.1, 0.15) is 12.5 Å². The third-order valence-electron chi connectivity index (χ3n) is 6.06. The van der Waals surface area contributed by atoms with Gasteiger partial charge in [0.25, 0.3) is 0 Å². The van der Waals surface area contributed by atoms with Gasteiger partial charge in [-0.3, -0.25) is 9.89 Å². The minimum absolute atomic E-state index is 0.307. The molecule has 1 fully saturated rings. The lowest BCUT2D eigenvalue weighted by Crippen LogP contribution is -2.47. The van der Waals surface area contributed by atoms with E-state index in [0.717, 1.165) is 48.8 Å². The molecule has 0 unspecified atom stereocenters. The van der Waals surface area contributed by atoms with Gasteiger partial charge in [-0.25, -0.2) is 13.8 Å². The number of piperazine rings is 1. The Morgan fingerprint density at radius 3 is 2.50 bits per heavy atom. The Labute approximate surface area is 199 Å². The summed E-state index contributed by atoms with van der Waals surface area (Å²) in [6.45, 7) is 7.16. The maximum Gasteiger partial charge on any atom is 0.133 e. The van der Waals surface area contributed by atoms with E-state index in [1.54, 1.807) is 12.3 Å². The van der Waals surface area contributed by atoms with Crippen LogP contribution in [0.5, 0.6) is 0 Å². The van der Waals surface area contributed by atoms with Crippen molar-refractivity contribution in [2.24, 2.45) is 9.98 Å². The summed E-state index contributed by atoms with van der Waals surface area (Å²) < 4.78 is 27.7. The zero-order valence-corrected chi connectivity index (χ0v) is 19.3. The molecule has 0 spiro atoms. The molecule has 34 heavy (non-hydrogen) atoms. The Morgan fingerprint density at radius 1 is 1.06 bits per heavy atom. The van der Waals surface area contributed by atoms with Crippen LogP contribution < -0.4 is 10.2 Å². The van der Waals surface area contributed by atoms with Crippen LogP contribution >= 0.6 is 0 Å². The lowest BCUT2D eigenvalue weighted by Gasteiger charge is -2.35. The van der Waals surface area contributed by atoms with Gasteiger partial charge in [-0.1, -0.05) is 12.1 Å². The van der Waals surface area contributed by atoms with Crippen molar-refractivity contribution in [1.82, 2.24) is 4.90 Å². The van der Waals surface area contributed by atoms with Crippen molar-refractivity contribution in [1.29, 1.82) is 0 Å². The molecule has 1 saturated heterocycles. The normalized spacial score (nSPS) is 19.2. The Morgan fingerprint density at radius 2 is 1.82 bits per heavy atom. The number of allylic oxidation sites excluding steroid dienone is 5. The van der Waals surface area contributed by atoms with E-state index in [1.807, 2.05) is 55.6 Å². The van der Waals surface area contributed by atoms with E-state index >= 15 is 4.39 Å². The fourth-order valence-electron chi connectivity index (χ4n) is 4.23. The molecule has 0 radical (unpaired) electrons. The van der Waals surface area contributed by atoms with Crippen molar-refractivity contribution in [2.45, 2.75) is 0 Å². The number of hydrogen-bond acceptors (Lipinski definition) is 5. The highest BCUT2D eigenvalue weighted by Gasteiger charge is 2.22. The summed E-state index contributed by atoms with van der Waals surface area (Å²) in [7, 11) is 1.83. The van der Waals surface area contributed by atoms with E-state index < -0.39 is 0 Å². The van der Waals surface area contributed by atoms with Crippen LogP contribution in [-0.4, -0.2) is 63.8 Å². The standard InChI is InChI=1S/C27H29F2N5/c1-30-19-21-6-11-25(29)26(20-4-3-5-23(18-20)31-2)27(21)32-22-7-9-24(10-8-22)34-16-14-33(13-12-28)15-17-34/h3-11,18-19,31H,1,12-17H2,2H3/b21-19-,32-27+. The van der Waals surface area contributed by atoms with Gasteiger partial charge in [0.05, 0.1) is 11.4 Å². The second-order valence-electron chi connectivity index (χ2n) is 8.15. The minimum Gasteiger partial charge on any atom is -0.388 e. The molecule has 2 aliphatic rings. The third-order valence-corrected chi connectivity index (χ3v) is 6.06. The number of nitrogens with one attached hydrogen (secondary N) is 1. The van der Waals surface area contributed by atoms with Crippen LogP contribution in [0.2, 0.25) is 0 Å². The van der Waals surface area contributed by atoms with Crippen LogP contribution in [0, 0.1) is 0 Å². The largest absolute Gasteiger partial charge is 0.388 e. The van der Waals surface area contributed by atoms with Crippen LogP contribution in [0.3, 0.4) is 0 Å². The average Bonchev–Trinajstić information content (AvgIpc) is 2.87. The predicted octanol–water partition coefficient (Wildman–Crippen LogP) is 5.43. The van der Waals surface area contributed by atoms with Crippen molar-refractivity contribution in [3.05, 3.63) is 83.8 Å². The van der Waals surface area contributed by atoms with Crippen LogP contribution in [-0.2, 0) is 0 Å². The summed E-state index contributed by atoms with van der Waals surface area (Å²) in [5.74, 6) is -0.351. The molecule has 1 heterocycles. The van der Waals surface area contributed by atoms with Gasteiger partial charge in [0.15, 0.2) is 0 Å². The van der Waals surface area contributed by atoms with Crippen molar-refractivity contribution < 1.29 is 8.78 Å². The molecule has 2 aromatic rings. The average molecular weight is 462 g/mol. The van der Waals surface area contributed by atoms with Crippen LogP contribution in [0.25, 0.3) is 5.57 Å². The fraction of sp³-hybridized carbons (Fsp3) is 0.259. The van der Waals surface area contributed by atoms with Crippen LogP contribution in [0.4, 0.5) is 25.8 Å². The first-order chi connectivity index (χ1) is 16.6. The van der Waals surface area contributed by atoms with E-state index in [4.69, 9.17) is 4.99 Å². The number of anilines is 2. The molecule has 0 amide bonds. The topological polar surface area (TPSA) is 43.2 Å². The van der Waals surface area contributed by atoms with Crippen LogP contribution in [0.1, 0.15) is 5.56 Å². The highest BCUT2D eigenvalue weighted by atomic mass is 19.1. The van der Waals surface area contributed by atoms with E-state index in [0.29, 0.717) is 23.4 Å². The van der Waals surface area contributed by atoms with E-state index in [9.17, 15) is 4.39 Å². The van der Waals surface area contributed by atoms with Crippen molar-refractivity contribution in [3.63, 3.8) is 0 Å². The lowest BCUT2D eigenvalue weighted by molar-refractivity contribution is 0.235. The van der Waals surface area contributed by atoms with Crippen LogP contribution in [0.15, 0.2) is 88.3 Å². The molecule has 0 aromatic heterocycles. The zero-order chi connectivity index (χ0) is 23.9. The predicted molar refractivity (Wildman–Crippen MR) is 139 cm³/mol.